The number of rotatable bonds is 5. The minimum Gasteiger partial charge on any atom is -0.314 e. The van der Waals surface area contributed by atoms with E-state index in [9.17, 15) is 22.0 Å². The maximum Gasteiger partial charge on any atom is 0.446 e. The Balaban J connectivity index is 2.12. The van der Waals surface area contributed by atoms with Crippen LogP contribution in [0.1, 0.15) is 18.0 Å². The summed E-state index contributed by atoms with van der Waals surface area (Å²) < 4.78 is 62.6. The SMILES string of the molecule is FC(F)C[C@H](c1ccc(SC(F)(F)F)cc1)N1CCNCC1. The van der Waals surface area contributed by atoms with Gasteiger partial charge < -0.3 is 5.32 Å². The van der Waals surface area contributed by atoms with Gasteiger partial charge in [-0.15, -0.1) is 0 Å². The van der Waals surface area contributed by atoms with Gasteiger partial charge in [-0.3, -0.25) is 4.90 Å². The number of alkyl halides is 5. The average Bonchev–Trinajstić information content (AvgIpc) is 2.45. The third-order valence-corrected chi connectivity index (χ3v) is 4.23. The third kappa shape index (κ3) is 5.40. The summed E-state index contributed by atoms with van der Waals surface area (Å²) in [6, 6.07) is 5.25. The lowest BCUT2D eigenvalue weighted by Crippen LogP contribution is -2.45. The predicted octanol–water partition coefficient (Wildman–Crippen LogP) is 3.90. The smallest absolute Gasteiger partial charge is 0.314 e. The molecule has 0 aromatic heterocycles. The van der Waals surface area contributed by atoms with Crippen LogP contribution in [0.2, 0.25) is 0 Å². The molecule has 124 valence electrons. The summed E-state index contributed by atoms with van der Waals surface area (Å²) in [5.74, 6) is 0. The lowest BCUT2D eigenvalue weighted by atomic mass is 10.0. The van der Waals surface area contributed by atoms with Gasteiger partial charge in [-0.05, 0) is 29.5 Å². The number of piperazine rings is 1. The Labute approximate surface area is 130 Å². The molecular formula is C14H17F5N2S. The molecule has 1 fully saturated rings. The first kappa shape index (κ1) is 17.5. The fourth-order valence-corrected chi connectivity index (χ4v) is 3.09. The fraction of sp³-hybridized carbons (Fsp3) is 0.571. The molecule has 1 N–H and O–H groups in total. The van der Waals surface area contributed by atoms with E-state index in [0.29, 0.717) is 18.7 Å². The highest BCUT2D eigenvalue weighted by molar-refractivity contribution is 8.00. The van der Waals surface area contributed by atoms with E-state index in [1.165, 1.54) is 24.3 Å². The molecule has 1 aliphatic heterocycles. The Morgan fingerprint density at radius 2 is 1.68 bits per heavy atom. The first-order valence-corrected chi connectivity index (χ1v) is 7.75. The van der Waals surface area contributed by atoms with Crippen LogP contribution >= 0.6 is 11.8 Å². The van der Waals surface area contributed by atoms with Gasteiger partial charge in [0.15, 0.2) is 0 Å². The van der Waals surface area contributed by atoms with Crippen molar-refractivity contribution < 1.29 is 22.0 Å². The molecule has 0 spiro atoms. The Bertz CT molecular complexity index is 457. The molecule has 0 unspecified atom stereocenters. The van der Waals surface area contributed by atoms with Crippen molar-refractivity contribution in [3.63, 3.8) is 0 Å². The minimum absolute atomic E-state index is 0.0624. The zero-order valence-electron chi connectivity index (χ0n) is 11.7. The van der Waals surface area contributed by atoms with Crippen molar-refractivity contribution in [2.45, 2.75) is 29.3 Å². The second-order valence-corrected chi connectivity index (χ2v) is 6.18. The molecule has 0 saturated carbocycles. The zero-order chi connectivity index (χ0) is 16.2. The van der Waals surface area contributed by atoms with E-state index < -0.39 is 18.0 Å². The maximum atomic E-state index is 12.8. The highest BCUT2D eigenvalue weighted by Crippen LogP contribution is 2.37. The first-order valence-electron chi connectivity index (χ1n) is 6.94. The van der Waals surface area contributed by atoms with Gasteiger partial charge in [-0.2, -0.15) is 13.2 Å². The van der Waals surface area contributed by atoms with Crippen LogP contribution in [-0.4, -0.2) is 43.0 Å². The highest BCUT2D eigenvalue weighted by Gasteiger charge is 2.30. The van der Waals surface area contributed by atoms with Crippen LogP contribution in [0.3, 0.4) is 0 Å². The molecule has 2 rings (SSSR count). The standard InChI is InChI=1S/C14H17F5N2S/c15-13(16)9-12(21-7-5-20-6-8-21)10-1-3-11(4-2-10)22-14(17,18)19/h1-4,12-13,20H,5-9H2/t12-/m1/s1. The molecule has 0 amide bonds. The van der Waals surface area contributed by atoms with E-state index in [1.807, 2.05) is 4.90 Å². The van der Waals surface area contributed by atoms with Crippen LogP contribution in [-0.2, 0) is 0 Å². The van der Waals surface area contributed by atoms with Gasteiger partial charge in [-0.1, -0.05) is 12.1 Å². The van der Waals surface area contributed by atoms with Crippen molar-refractivity contribution >= 4 is 11.8 Å². The third-order valence-electron chi connectivity index (χ3n) is 3.49. The Hall–Kier alpha value is -0.860. The van der Waals surface area contributed by atoms with Crippen molar-refractivity contribution in [1.29, 1.82) is 0 Å². The molecule has 22 heavy (non-hydrogen) atoms. The Morgan fingerprint density at radius 1 is 1.09 bits per heavy atom. The fourth-order valence-electron chi connectivity index (χ4n) is 2.55. The van der Waals surface area contributed by atoms with Gasteiger partial charge in [0.1, 0.15) is 0 Å². The maximum absolute atomic E-state index is 12.8. The topological polar surface area (TPSA) is 15.3 Å². The van der Waals surface area contributed by atoms with Gasteiger partial charge in [0, 0.05) is 43.5 Å². The normalized spacial score (nSPS) is 18.6. The number of hydrogen-bond donors (Lipinski definition) is 1. The largest absolute Gasteiger partial charge is 0.446 e. The van der Waals surface area contributed by atoms with Crippen LogP contribution in [0, 0.1) is 0 Å². The van der Waals surface area contributed by atoms with Crippen molar-refractivity contribution in [3.05, 3.63) is 29.8 Å². The van der Waals surface area contributed by atoms with Crippen LogP contribution < -0.4 is 5.32 Å². The monoisotopic (exact) mass is 340 g/mol. The molecule has 8 heteroatoms. The quantitative estimate of drug-likeness (QED) is 0.646. The van der Waals surface area contributed by atoms with E-state index in [4.69, 9.17) is 0 Å². The molecule has 1 saturated heterocycles. The number of thioether (sulfide) groups is 1. The zero-order valence-corrected chi connectivity index (χ0v) is 12.6. The van der Waals surface area contributed by atoms with Crippen LogP contribution in [0.5, 0.6) is 0 Å². The van der Waals surface area contributed by atoms with Crippen LogP contribution in [0.15, 0.2) is 29.2 Å². The molecule has 0 bridgehead atoms. The molecule has 1 aromatic rings. The summed E-state index contributed by atoms with van der Waals surface area (Å²) in [6.07, 6.45) is -2.77. The van der Waals surface area contributed by atoms with E-state index in [2.05, 4.69) is 5.32 Å². The molecular weight excluding hydrogens is 323 g/mol. The number of nitrogens with zero attached hydrogens (tertiary/aromatic N) is 1. The average molecular weight is 340 g/mol. The van der Waals surface area contributed by atoms with Crippen LogP contribution in [0.25, 0.3) is 0 Å². The summed E-state index contributed by atoms with van der Waals surface area (Å²) in [4.78, 5) is 2.02. The molecule has 0 radical (unpaired) electrons. The minimum atomic E-state index is -4.34. The molecule has 1 aromatic carbocycles. The number of hydrogen-bond acceptors (Lipinski definition) is 3. The van der Waals surface area contributed by atoms with Crippen molar-refractivity contribution in [1.82, 2.24) is 10.2 Å². The second kappa shape index (κ2) is 7.61. The molecule has 0 aliphatic carbocycles. The number of nitrogens with one attached hydrogen (secondary N) is 1. The number of halogens is 5. The lowest BCUT2D eigenvalue weighted by molar-refractivity contribution is -0.0328. The summed E-state index contributed by atoms with van der Waals surface area (Å²) in [7, 11) is 0. The molecule has 1 heterocycles. The first-order chi connectivity index (χ1) is 10.3. The van der Waals surface area contributed by atoms with Crippen molar-refractivity contribution in [2.24, 2.45) is 0 Å². The lowest BCUT2D eigenvalue weighted by Gasteiger charge is -2.35. The summed E-state index contributed by atoms with van der Waals surface area (Å²) in [6.45, 7) is 2.75. The Morgan fingerprint density at radius 3 is 2.18 bits per heavy atom. The van der Waals surface area contributed by atoms with Gasteiger partial charge in [0.25, 0.3) is 0 Å². The van der Waals surface area contributed by atoms with Gasteiger partial charge in [-0.25, -0.2) is 8.78 Å². The molecule has 1 aliphatic rings. The van der Waals surface area contributed by atoms with E-state index in [1.54, 1.807) is 0 Å². The summed E-state index contributed by atoms with van der Waals surface area (Å²) in [5.41, 5.74) is -3.71. The van der Waals surface area contributed by atoms with Crippen molar-refractivity contribution in [2.75, 3.05) is 26.2 Å². The number of benzene rings is 1. The summed E-state index contributed by atoms with van der Waals surface area (Å²) in [5, 5.41) is 3.15. The second-order valence-electron chi connectivity index (χ2n) is 5.05. The highest BCUT2D eigenvalue weighted by atomic mass is 32.2. The van der Waals surface area contributed by atoms with E-state index >= 15 is 0 Å². The van der Waals surface area contributed by atoms with Crippen molar-refractivity contribution in [3.8, 4) is 0 Å². The van der Waals surface area contributed by atoms with E-state index in [-0.39, 0.29) is 23.1 Å². The Kier molecular flexibility index (Phi) is 6.05. The van der Waals surface area contributed by atoms with Crippen LogP contribution in [0.4, 0.5) is 22.0 Å². The van der Waals surface area contributed by atoms with Gasteiger partial charge in [0.05, 0.1) is 0 Å². The van der Waals surface area contributed by atoms with E-state index in [0.717, 1.165) is 13.1 Å². The summed E-state index contributed by atoms with van der Waals surface area (Å²) >= 11 is -0.201. The molecule has 2 nitrogen and oxygen atoms in total. The van der Waals surface area contributed by atoms with Gasteiger partial charge >= 0.3 is 5.51 Å². The molecule has 1 atom stereocenters. The van der Waals surface area contributed by atoms with Gasteiger partial charge in [0.2, 0.25) is 6.43 Å². The predicted molar refractivity (Wildman–Crippen MR) is 76.2 cm³/mol.